The van der Waals surface area contributed by atoms with Crippen molar-refractivity contribution in [1.29, 1.82) is 0 Å². The predicted octanol–water partition coefficient (Wildman–Crippen LogP) is 0.213. The van der Waals surface area contributed by atoms with Crippen molar-refractivity contribution in [2.45, 2.75) is 27.3 Å². The average molecular weight is 345 g/mol. The fraction of sp³-hybridized carbons (Fsp3) is 0.529. The van der Waals surface area contributed by atoms with Gasteiger partial charge in [-0.2, -0.15) is 0 Å². The van der Waals surface area contributed by atoms with Crippen LogP contribution in [0.3, 0.4) is 0 Å². The van der Waals surface area contributed by atoms with Crippen molar-refractivity contribution in [2.75, 3.05) is 26.2 Å². The van der Waals surface area contributed by atoms with E-state index in [1.165, 1.54) is 9.08 Å². The first-order valence-electron chi connectivity index (χ1n) is 8.39. The quantitative estimate of drug-likeness (QED) is 0.779. The van der Waals surface area contributed by atoms with Gasteiger partial charge in [-0.3, -0.25) is 14.0 Å². The van der Waals surface area contributed by atoms with Crippen LogP contribution in [0.4, 0.5) is 0 Å². The first kappa shape index (κ1) is 17.2. The molecule has 2 aromatic heterocycles. The van der Waals surface area contributed by atoms with Crippen LogP contribution in [-0.4, -0.2) is 62.0 Å². The molecular weight excluding hydrogens is 322 g/mol. The lowest BCUT2D eigenvalue weighted by Gasteiger charge is -2.37. The minimum Gasteiger partial charge on any atom is -0.339 e. The first-order valence-corrected chi connectivity index (χ1v) is 8.39. The summed E-state index contributed by atoms with van der Waals surface area (Å²) in [6.07, 6.45) is 1.63. The molecule has 0 atom stereocenters. The van der Waals surface area contributed by atoms with Crippen molar-refractivity contribution in [3.05, 3.63) is 34.9 Å². The summed E-state index contributed by atoms with van der Waals surface area (Å²) in [6, 6.07) is 5.26. The van der Waals surface area contributed by atoms with Crippen molar-refractivity contribution in [3.63, 3.8) is 0 Å². The standard InChI is InChI=1S/C17H23N5O3/c1-17(2,3)15(24)20-10-8-19(9-11-20)14(23)12-22-16(25)21-7-5-4-6-13(21)18-22/h4-7H,8-12H2,1-3H3. The largest absolute Gasteiger partial charge is 0.350 e. The van der Waals surface area contributed by atoms with Crippen LogP contribution in [0, 0.1) is 5.41 Å². The van der Waals surface area contributed by atoms with E-state index in [1.54, 1.807) is 34.2 Å². The number of piperazine rings is 1. The molecule has 25 heavy (non-hydrogen) atoms. The maximum absolute atomic E-state index is 12.5. The second-order valence-electron chi connectivity index (χ2n) is 7.29. The molecule has 8 nitrogen and oxygen atoms in total. The summed E-state index contributed by atoms with van der Waals surface area (Å²) < 4.78 is 2.59. The van der Waals surface area contributed by atoms with E-state index in [0.29, 0.717) is 31.8 Å². The number of amides is 2. The Labute approximate surface area is 145 Å². The van der Waals surface area contributed by atoms with Gasteiger partial charge in [0.15, 0.2) is 5.65 Å². The number of carbonyl (C=O) groups excluding carboxylic acids is 2. The van der Waals surface area contributed by atoms with Gasteiger partial charge >= 0.3 is 5.69 Å². The number of hydrogen-bond donors (Lipinski definition) is 0. The Morgan fingerprint density at radius 3 is 2.32 bits per heavy atom. The SMILES string of the molecule is CC(C)(C)C(=O)N1CCN(C(=O)Cn2nc3ccccn3c2=O)CC1. The normalized spacial score (nSPS) is 15.6. The molecule has 1 aliphatic rings. The molecule has 0 aromatic carbocycles. The molecule has 1 fully saturated rings. The summed E-state index contributed by atoms with van der Waals surface area (Å²) in [5, 5.41) is 4.18. The van der Waals surface area contributed by atoms with Gasteiger partial charge in [0, 0.05) is 37.8 Å². The van der Waals surface area contributed by atoms with E-state index in [4.69, 9.17) is 0 Å². The van der Waals surface area contributed by atoms with Crippen molar-refractivity contribution in [2.24, 2.45) is 5.41 Å². The molecule has 3 heterocycles. The zero-order valence-electron chi connectivity index (χ0n) is 14.8. The number of carbonyl (C=O) groups is 2. The maximum atomic E-state index is 12.5. The molecular formula is C17H23N5O3. The van der Waals surface area contributed by atoms with Gasteiger partial charge in [-0.25, -0.2) is 9.48 Å². The number of hydrogen-bond acceptors (Lipinski definition) is 4. The maximum Gasteiger partial charge on any atom is 0.350 e. The van der Waals surface area contributed by atoms with Crippen LogP contribution in [-0.2, 0) is 16.1 Å². The summed E-state index contributed by atoms with van der Waals surface area (Å²) in [4.78, 5) is 40.5. The van der Waals surface area contributed by atoms with Gasteiger partial charge in [0.1, 0.15) is 6.54 Å². The molecule has 0 bridgehead atoms. The van der Waals surface area contributed by atoms with Gasteiger partial charge < -0.3 is 9.80 Å². The molecule has 1 aliphatic heterocycles. The third-order valence-electron chi connectivity index (χ3n) is 4.33. The second kappa shape index (κ2) is 6.34. The van der Waals surface area contributed by atoms with E-state index < -0.39 is 5.41 Å². The van der Waals surface area contributed by atoms with Crippen molar-refractivity contribution >= 4 is 17.5 Å². The van der Waals surface area contributed by atoms with Gasteiger partial charge in [-0.05, 0) is 12.1 Å². The third-order valence-corrected chi connectivity index (χ3v) is 4.33. The molecule has 1 saturated heterocycles. The summed E-state index contributed by atoms with van der Waals surface area (Å²) in [5.74, 6) is -0.0652. The van der Waals surface area contributed by atoms with E-state index in [0.717, 1.165) is 0 Å². The van der Waals surface area contributed by atoms with E-state index in [2.05, 4.69) is 5.10 Å². The van der Waals surface area contributed by atoms with Crippen LogP contribution in [0.15, 0.2) is 29.2 Å². The number of fused-ring (bicyclic) bond motifs is 1. The highest BCUT2D eigenvalue weighted by molar-refractivity contribution is 5.82. The fourth-order valence-electron chi connectivity index (χ4n) is 2.93. The van der Waals surface area contributed by atoms with E-state index >= 15 is 0 Å². The summed E-state index contributed by atoms with van der Waals surface area (Å²) in [5.41, 5.74) is -0.234. The molecule has 0 unspecified atom stereocenters. The lowest BCUT2D eigenvalue weighted by Crippen LogP contribution is -2.53. The van der Waals surface area contributed by atoms with Crippen LogP contribution >= 0.6 is 0 Å². The topological polar surface area (TPSA) is 79.9 Å². The molecule has 0 saturated carbocycles. The van der Waals surface area contributed by atoms with Crippen LogP contribution in [0.25, 0.3) is 5.65 Å². The lowest BCUT2D eigenvalue weighted by molar-refractivity contribution is -0.145. The Morgan fingerprint density at radius 2 is 1.72 bits per heavy atom. The minimum absolute atomic E-state index is 0.0896. The molecule has 0 radical (unpaired) electrons. The monoisotopic (exact) mass is 345 g/mol. The molecule has 3 rings (SSSR count). The molecule has 0 N–H and O–H groups in total. The molecule has 8 heteroatoms. The van der Waals surface area contributed by atoms with E-state index in [-0.39, 0.29) is 24.0 Å². The number of nitrogens with zero attached hydrogens (tertiary/aromatic N) is 5. The Balaban J connectivity index is 1.64. The smallest absolute Gasteiger partial charge is 0.339 e. The van der Waals surface area contributed by atoms with E-state index in [9.17, 15) is 14.4 Å². The second-order valence-corrected chi connectivity index (χ2v) is 7.29. The van der Waals surface area contributed by atoms with Gasteiger partial charge in [0.05, 0.1) is 0 Å². The summed E-state index contributed by atoms with van der Waals surface area (Å²) >= 11 is 0. The Kier molecular flexibility index (Phi) is 4.36. The highest BCUT2D eigenvalue weighted by atomic mass is 16.2. The van der Waals surface area contributed by atoms with Crippen molar-refractivity contribution in [3.8, 4) is 0 Å². The molecule has 134 valence electrons. The zero-order valence-corrected chi connectivity index (χ0v) is 14.8. The molecule has 0 aliphatic carbocycles. The van der Waals surface area contributed by atoms with Crippen molar-refractivity contribution in [1.82, 2.24) is 24.0 Å². The van der Waals surface area contributed by atoms with Crippen molar-refractivity contribution < 1.29 is 9.59 Å². The summed E-state index contributed by atoms with van der Waals surface area (Å²) in [6.45, 7) is 7.57. The highest BCUT2D eigenvalue weighted by Gasteiger charge is 2.31. The Hall–Kier alpha value is -2.64. The number of pyridine rings is 1. The van der Waals surface area contributed by atoms with Crippen LogP contribution < -0.4 is 5.69 Å². The predicted molar refractivity (Wildman–Crippen MR) is 92.1 cm³/mol. The number of rotatable bonds is 2. The van der Waals surface area contributed by atoms with Gasteiger partial charge in [-0.15, -0.1) is 5.10 Å². The van der Waals surface area contributed by atoms with Crippen LogP contribution in [0.2, 0.25) is 0 Å². The number of aromatic nitrogens is 3. The summed E-state index contributed by atoms with van der Waals surface area (Å²) in [7, 11) is 0. The zero-order chi connectivity index (χ0) is 18.2. The first-order chi connectivity index (χ1) is 11.8. The fourth-order valence-corrected chi connectivity index (χ4v) is 2.93. The third kappa shape index (κ3) is 3.42. The van der Waals surface area contributed by atoms with Gasteiger partial charge in [0.25, 0.3) is 0 Å². The molecule has 2 amide bonds. The van der Waals surface area contributed by atoms with Crippen LogP contribution in [0.5, 0.6) is 0 Å². The average Bonchev–Trinajstić information content (AvgIpc) is 2.90. The highest BCUT2D eigenvalue weighted by Crippen LogP contribution is 2.18. The van der Waals surface area contributed by atoms with Crippen LogP contribution in [0.1, 0.15) is 20.8 Å². The Bertz CT molecular complexity index is 853. The van der Waals surface area contributed by atoms with E-state index in [1.807, 2.05) is 20.8 Å². The lowest BCUT2D eigenvalue weighted by atomic mass is 9.94. The minimum atomic E-state index is -0.421. The Morgan fingerprint density at radius 1 is 1.08 bits per heavy atom. The molecule has 2 aromatic rings. The van der Waals surface area contributed by atoms with Gasteiger partial charge in [-0.1, -0.05) is 26.8 Å². The molecule has 0 spiro atoms. The van der Waals surface area contributed by atoms with Gasteiger partial charge in [0.2, 0.25) is 11.8 Å².